The molecule has 0 amide bonds. The number of aromatic nitrogens is 4. The second kappa shape index (κ2) is 7.06. The van der Waals surface area contributed by atoms with Crippen molar-refractivity contribution < 1.29 is 4.74 Å². The fraction of sp³-hybridized carbons (Fsp3) is 0.222. The third-order valence-corrected chi connectivity index (χ3v) is 4.77. The van der Waals surface area contributed by atoms with Gasteiger partial charge in [0.2, 0.25) is 17.3 Å². The third-order valence-electron chi connectivity index (χ3n) is 3.73. The summed E-state index contributed by atoms with van der Waals surface area (Å²) in [5, 5.41) is 12.6. The van der Waals surface area contributed by atoms with Crippen LogP contribution < -0.4 is 10.1 Å². The monoisotopic (exact) mass is 351 g/mol. The number of para-hydroxylation sites is 1. The molecule has 0 radical (unpaired) electrons. The van der Waals surface area contributed by atoms with Crippen molar-refractivity contribution in [1.29, 1.82) is 0 Å². The van der Waals surface area contributed by atoms with Gasteiger partial charge < -0.3 is 10.1 Å². The summed E-state index contributed by atoms with van der Waals surface area (Å²) in [6.07, 6.45) is 2.36. The van der Waals surface area contributed by atoms with E-state index in [2.05, 4.69) is 32.4 Å². The van der Waals surface area contributed by atoms with Gasteiger partial charge in [0, 0.05) is 23.2 Å². The average Bonchev–Trinajstić information content (AvgIpc) is 2.83. The Morgan fingerprint density at radius 2 is 2.00 bits per heavy atom. The lowest BCUT2D eigenvalue weighted by atomic mass is 10.1. The van der Waals surface area contributed by atoms with E-state index in [0.717, 1.165) is 29.1 Å². The Morgan fingerprint density at radius 3 is 2.84 bits per heavy atom. The van der Waals surface area contributed by atoms with E-state index in [-0.39, 0.29) is 0 Å². The lowest BCUT2D eigenvalue weighted by Crippen LogP contribution is -2.18. The summed E-state index contributed by atoms with van der Waals surface area (Å²) in [7, 11) is 0. The smallest absolute Gasteiger partial charge is 0.247 e. The zero-order chi connectivity index (χ0) is 17.1. The van der Waals surface area contributed by atoms with Crippen molar-refractivity contribution in [1.82, 2.24) is 20.2 Å². The van der Waals surface area contributed by atoms with E-state index < -0.39 is 6.23 Å². The van der Waals surface area contributed by atoms with Crippen LogP contribution in [-0.4, -0.2) is 25.9 Å². The zero-order valence-corrected chi connectivity index (χ0v) is 14.5. The molecule has 1 aliphatic heterocycles. The van der Waals surface area contributed by atoms with Gasteiger partial charge in [-0.1, -0.05) is 43.0 Å². The summed E-state index contributed by atoms with van der Waals surface area (Å²) in [6.45, 7) is 2.12. The van der Waals surface area contributed by atoms with Crippen molar-refractivity contribution >= 4 is 17.4 Å². The van der Waals surface area contributed by atoms with E-state index in [1.165, 1.54) is 0 Å². The first kappa shape index (κ1) is 15.8. The Morgan fingerprint density at radius 1 is 1.12 bits per heavy atom. The zero-order valence-electron chi connectivity index (χ0n) is 13.7. The minimum absolute atomic E-state index is 0.440. The first-order chi connectivity index (χ1) is 12.3. The maximum Gasteiger partial charge on any atom is 0.247 e. The standard InChI is InChI=1S/C18H17N5OS/c1-2-11-25-18-21-17-15(22-23-18)12-7-3-4-8-13(12)20-16(24-17)14-9-5-6-10-19-14/h3-10,16,20H,2,11H2,1H3/t16-/m1/s1. The molecule has 3 aromatic rings. The second-order valence-corrected chi connectivity index (χ2v) is 6.60. The number of benzene rings is 1. The SMILES string of the molecule is CCCSc1nnc2c(n1)O[C@H](c1ccccn1)Nc1ccccc1-2. The Bertz CT molecular complexity index is 874. The third kappa shape index (κ3) is 3.28. The Kier molecular flexibility index (Phi) is 4.47. The quantitative estimate of drug-likeness (QED) is 0.714. The number of nitrogens with zero attached hydrogens (tertiary/aromatic N) is 4. The molecule has 0 saturated carbocycles. The van der Waals surface area contributed by atoms with Crippen LogP contribution in [-0.2, 0) is 0 Å². The minimum Gasteiger partial charge on any atom is -0.446 e. The highest BCUT2D eigenvalue weighted by atomic mass is 32.2. The number of nitrogens with one attached hydrogen (secondary N) is 1. The van der Waals surface area contributed by atoms with Gasteiger partial charge in [-0.3, -0.25) is 4.98 Å². The average molecular weight is 351 g/mol. The molecule has 126 valence electrons. The number of pyridine rings is 1. The molecule has 0 fully saturated rings. The number of hydrogen-bond donors (Lipinski definition) is 1. The van der Waals surface area contributed by atoms with E-state index in [9.17, 15) is 0 Å². The van der Waals surface area contributed by atoms with Crippen LogP contribution in [0, 0.1) is 0 Å². The molecule has 1 aromatic carbocycles. The summed E-state index contributed by atoms with van der Waals surface area (Å²) in [6, 6.07) is 13.7. The number of fused-ring (bicyclic) bond motifs is 3. The fourth-order valence-corrected chi connectivity index (χ4v) is 3.20. The Labute approximate surface area is 150 Å². The molecule has 2 aromatic heterocycles. The van der Waals surface area contributed by atoms with E-state index >= 15 is 0 Å². The van der Waals surface area contributed by atoms with Crippen LogP contribution in [0.5, 0.6) is 5.88 Å². The highest BCUT2D eigenvalue weighted by Gasteiger charge is 2.26. The first-order valence-corrected chi connectivity index (χ1v) is 9.14. The summed E-state index contributed by atoms with van der Waals surface area (Å²) >= 11 is 1.58. The fourth-order valence-electron chi connectivity index (χ4n) is 2.57. The summed E-state index contributed by atoms with van der Waals surface area (Å²) in [4.78, 5) is 8.99. The molecule has 0 bridgehead atoms. The van der Waals surface area contributed by atoms with Crippen molar-refractivity contribution in [3.63, 3.8) is 0 Å². The van der Waals surface area contributed by atoms with Crippen LogP contribution >= 0.6 is 11.8 Å². The van der Waals surface area contributed by atoms with Crippen molar-refractivity contribution in [3.8, 4) is 17.1 Å². The van der Waals surface area contributed by atoms with Crippen molar-refractivity contribution in [2.24, 2.45) is 0 Å². The van der Waals surface area contributed by atoms with Gasteiger partial charge in [0.15, 0.2) is 5.69 Å². The molecule has 25 heavy (non-hydrogen) atoms. The lowest BCUT2D eigenvalue weighted by molar-refractivity contribution is 0.220. The number of rotatable bonds is 4. The maximum atomic E-state index is 6.15. The molecule has 6 nitrogen and oxygen atoms in total. The molecule has 1 atom stereocenters. The molecule has 3 heterocycles. The predicted molar refractivity (Wildman–Crippen MR) is 97.5 cm³/mol. The molecule has 4 rings (SSSR count). The van der Waals surface area contributed by atoms with Gasteiger partial charge in [-0.05, 0) is 24.6 Å². The molecule has 0 saturated heterocycles. The van der Waals surface area contributed by atoms with Crippen LogP contribution in [0.15, 0.2) is 53.8 Å². The Balaban J connectivity index is 1.79. The number of ether oxygens (including phenoxy) is 1. The highest BCUT2D eigenvalue weighted by molar-refractivity contribution is 7.99. The van der Waals surface area contributed by atoms with Crippen molar-refractivity contribution in [3.05, 3.63) is 54.4 Å². The summed E-state index contributed by atoms with van der Waals surface area (Å²) in [5.74, 6) is 1.42. The van der Waals surface area contributed by atoms with Crippen LogP contribution in [0.1, 0.15) is 25.3 Å². The van der Waals surface area contributed by atoms with Gasteiger partial charge in [0.25, 0.3) is 0 Å². The highest BCUT2D eigenvalue weighted by Crippen LogP contribution is 2.39. The van der Waals surface area contributed by atoms with Crippen LogP contribution in [0.2, 0.25) is 0 Å². The van der Waals surface area contributed by atoms with Gasteiger partial charge >= 0.3 is 0 Å². The predicted octanol–water partition coefficient (Wildman–Crippen LogP) is 3.94. The van der Waals surface area contributed by atoms with Gasteiger partial charge in [0.05, 0.1) is 0 Å². The normalized spacial score (nSPS) is 15.3. The molecule has 7 heteroatoms. The number of hydrogen-bond acceptors (Lipinski definition) is 7. The van der Waals surface area contributed by atoms with Gasteiger partial charge in [-0.2, -0.15) is 4.98 Å². The van der Waals surface area contributed by atoms with Gasteiger partial charge in [0.1, 0.15) is 5.69 Å². The lowest BCUT2D eigenvalue weighted by Gasteiger charge is -2.18. The number of thioether (sulfide) groups is 1. The summed E-state index contributed by atoms with van der Waals surface area (Å²) in [5.41, 5.74) is 3.26. The van der Waals surface area contributed by atoms with Crippen LogP contribution in [0.4, 0.5) is 5.69 Å². The second-order valence-electron chi connectivity index (χ2n) is 5.54. The largest absolute Gasteiger partial charge is 0.446 e. The summed E-state index contributed by atoms with van der Waals surface area (Å²) < 4.78 is 6.15. The molecule has 0 aliphatic carbocycles. The maximum absolute atomic E-state index is 6.15. The Hall–Kier alpha value is -2.67. The molecule has 0 spiro atoms. The van der Waals surface area contributed by atoms with E-state index in [4.69, 9.17) is 4.74 Å². The first-order valence-electron chi connectivity index (χ1n) is 8.16. The molecule has 1 aliphatic rings. The van der Waals surface area contributed by atoms with Crippen molar-refractivity contribution in [2.45, 2.75) is 24.7 Å². The molecule has 0 unspecified atom stereocenters. The molecule has 1 N–H and O–H groups in total. The van der Waals surface area contributed by atoms with E-state index in [1.54, 1.807) is 18.0 Å². The van der Waals surface area contributed by atoms with Gasteiger partial charge in [-0.15, -0.1) is 10.2 Å². The van der Waals surface area contributed by atoms with E-state index in [1.807, 2.05) is 42.5 Å². The van der Waals surface area contributed by atoms with Crippen molar-refractivity contribution in [2.75, 3.05) is 11.1 Å². The molecular weight excluding hydrogens is 334 g/mol. The van der Waals surface area contributed by atoms with E-state index in [0.29, 0.717) is 16.7 Å². The van der Waals surface area contributed by atoms with Gasteiger partial charge in [-0.25, -0.2) is 0 Å². The van der Waals surface area contributed by atoms with Crippen LogP contribution in [0.25, 0.3) is 11.3 Å². The minimum atomic E-state index is -0.440. The molecular formula is C18H17N5OS. The number of anilines is 1. The van der Waals surface area contributed by atoms with Crippen LogP contribution in [0.3, 0.4) is 0 Å². The topological polar surface area (TPSA) is 72.8 Å².